The number of rotatable bonds is 0. The minimum absolute atomic E-state index is 0.205. The van der Waals surface area contributed by atoms with Crippen LogP contribution in [-0.4, -0.2) is 47.5 Å². The van der Waals surface area contributed by atoms with Gasteiger partial charge in [-0.1, -0.05) is 37.3 Å². The zero-order valence-corrected chi connectivity index (χ0v) is 18.2. The number of allylic oxidation sites excluding steroid dienone is 4. The van der Waals surface area contributed by atoms with E-state index < -0.39 is 5.41 Å². The van der Waals surface area contributed by atoms with Gasteiger partial charge in [-0.2, -0.15) is 0 Å². The quantitative estimate of drug-likeness (QED) is 0.597. The first-order valence-corrected chi connectivity index (χ1v) is 10.9. The molecule has 2 atom stereocenters. The predicted octanol–water partition coefficient (Wildman–Crippen LogP) is 3.14. The van der Waals surface area contributed by atoms with E-state index in [1.54, 1.807) is 18.2 Å². The standard InChI is InChI=1S/C27H18N2O4/c1-27-11-10-17-20-16(25(32)29(3)26(17)33)7-5-13(22(20)27)12-4-6-14-19-15(8-9-18(27)21(12)19)24(31)28(2)23(14)30/h4-11,22H,1-3H3. The molecule has 0 spiro atoms. The molecule has 7 rings (SSSR count). The molecule has 3 aliphatic carbocycles. The van der Waals surface area contributed by atoms with Crippen LogP contribution in [0.25, 0.3) is 16.3 Å². The molecule has 2 heterocycles. The summed E-state index contributed by atoms with van der Waals surface area (Å²) in [5, 5.41) is 1.60. The van der Waals surface area contributed by atoms with Crippen LogP contribution in [-0.2, 0) is 15.0 Å². The third kappa shape index (κ3) is 1.85. The monoisotopic (exact) mass is 434 g/mol. The van der Waals surface area contributed by atoms with Crippen LogP contribution < -0.4 is 0 Å². The topological polar surface area (TPSA) is 74.8 Å². The van der Waals surface area contributed by atoms with Crippen LogP contribution in [0, 0.1) is 5.92 Å². The van der Waals surface area contributed by atoms with Crippen LogP contribution in [0.2, 0.25) is 0 Å². The van der Waals surface area contributed by atoms with Crippen LogP contribution in [0.1, 0.15) is 38.8 Å². The minimum Gasteiger partial charge on any atom is -0.278 e. The van der Waals surface area contributed by atoms with E-state index in [-0.39, 0.29) is 29.5 Å². The van der Waals surface area contributed by atoms with Gasteiger partial charge in [-0.25, -0.2) is 0 Å². The summed E-state index contributed by atoms with van der Waals surface area (Å²) in [5.41, 5.74) is 5.31. The molecule has 2 aromatic carbocycles. The van der Waals surface area contributed by atoms with Gasteiger partial charge in [-0.05, 0) is 45.9 Å². The van der Waals surface area contributed by atoms with Gasteiger partial charge in [0, 0.05) is 53.1 Å². The molecule has 5 aliphatic rings. The maximum atomic E-state index is 13.0. The fourth-order valence-corrected chi connectivity index (χ4v) is 6.35. The van der Waals surface area contributed by atoms with E-state index >= 15 is 0 Å². The number of amides is 4. The summed E-state index contributed by atoms with van der Waals surface area (Å²) in [6.45, 7) is 2.10. The van der Waals surface area contributed by atoms with Crippen LogP contribution >= 0.6 is 0 Å². The van der Waals surface area contributed by atoms with E-state index in [1.807, 2.05) is 30.4 Å². The molecule has 0 saturated carbocycles. The molecule has 0 radical (unpaired) electrons. The van der Waals surface area contributed by atoms with Crippen molar-refractivity contribution in [3.05, 3.63) is 87.5 Å². The highest BCUT2D eigenvalue weighted by molar-refractivity contribution is 6.27. The number of fused-ring (bicyclic) bond motifs is 2. The number of hydrogen-bond donors (Lipinski definition) is 0. The van der Waals surface area contributed by atoms with E-state index in [0.717, 1.165) is 32.6 Å². The first-order valence-electron chi connectivity index (χ1n) is 10.9. The van der Waals surface area contributed by atoms with Crippen LogP contribution in [0.4, 0.5) is 0 Å². The van der Waals surface area contributed by atoms with E-state index in [4.69, 9.17) is 0 Å². The molecule has 2 unspecified atom stereocenters. The molecule has 0 saturated heterocycles. The van der Waals surface area contributed by atoms with Gasteiger partial charge < -0.3 is 0 Å². The zero-order chi connectivity index (χ0) is 23.0. The molecular formula is C27H18N2O4. The average molecular weight is 434 g/mol. The Morgan fingerprint density at radius 1 is 0.758 bits per heavy atom. The number of carbonyl (C=O) groups excluding carboxylic acids is 4. The van der Waals surface area contributed by atoms with Crippen molar-refractivity contribution in [2.24, 2.45) is 5.92 Å². The third-order valence-corrected chi connectivity index (χ3v) is 8.00. The van der Waals surface area contributed by atoms with Crippen molar-refractivity contribution in [1.82, 2.24) is 9.80 Å². The van der Waals surface area contributed by atoms with Gasteiger partial charge in [0.15, 0.2) is 0 Å². The van der Waals surface area contributed by atoms with Crippen LogP contribution in [0.15, 0.2) is 65.3 Å². The number of hydrogen-bond acceptors (Lipinski definition) is 4. The summed E-state index contributed by atoms with van der Waals surface area (Å²) in [6, 6.07) is 7.50. The fraction of sp³-hybridized carbons (Fsp3) is 0.185. The summed E-state index contributed by atoms with van der Waals surface area (Å²) in [5.74, 6) is -1.40. The zero-order valence-electron chi connectivity index (χ0n) is 18.2. The van der Waals surface area contributed by atoms with Crippen LogP contribution in [0.5, 0.6) is 0 Å². The molecule has 4 amide bonds. The lowest BCUT2D eigenvalue weighted by Gasteiger charge is -2.49. The Kier molecular flexibility index (Phi) is 3.06. The molecule has 0 bridgehead atoms. The molecule has 0 N–H and O–H groups in total. The number of imide groups is 2. The molecule has 0 fully saturated rings. The van der Waals surface area contributed by atoms with E-state index in [1.165, 1.54) is 19.0 Å². The Balaban J connectivity index is 1.63. The van der Waals surface area contributed by atoms with Crippen molar-refractivity contribution in [2.75, 3.05) is 14.1 Å². The molecule has 6 heteroatoms. The Hall–Kier alpha value is -4.06. The lowest BCUT2D eigenvalue weighted by molar-refractivity contribution is -0.138. The second-order valence-corrected chi connectivity index (χ2v) is 9.49. The Bertz CT molecular complexity index is 1560. The van der Waals surface area contributed by atoms with Gasteiger partial charge in [0.1, 0.15) is 0 Å². The first-order chi connectivity index (χ1) is 15.8. The number of benzene rings is 2. The molecule has 0 aromatic heterocycles. The Morgan fingerprint density at radius 2 is 1.39 bits per heavy atom. The highest BCUT2D eigenvalue weighted by Gasteiger charge is 2.52. The second-order valence-electron chi connectivity index (χ2n) is 9.49. The van der Waals surface area contributed by atoms with Gasteiger partial charge in [0.05, 0.1) is 0 Å². The van der Waals surface area contributed by atoms with Gasteiger partial charge in [-0.3, -0.25) is 29.0 Å². The maximum absolute atomic E-state index is 13.0. The summed E-state index contributed by atoms with van der Waals surface area (Å²) in [6.07, 6.45) is 7.64. The summed E-state index contributed by atoms with van der Waals surface area (Å²) in [4.78, 5) is 54.1. The van der Waals surface area contributed by atoms with E-state index in [0.29, 0.717) is 27.7 Å². The number of carbonyl (C=O) groups is 4. The Morgan fingerprint density at radius 3 is 2.12 bits per heavy atom. The highest BCUT2D eigenvalue weighted by Crippen LogP contribution is 2.59. The van der Waals surface area contributed by atoms with Crippen LogP contribution in [0.3, 0.4) is 0 Å². The number of likely N-dealkylation sites (N-methyl/N-ethyl adjacent to an activating group) is 1. The van der Waals surface area contributed by atoms with Gasteiger partial charge in [0.2, 0.25) is 0 Å². The van der Waals surface area contributed by atoms with E-state index in [9.17, 15) is 19.2 Å². The maximum Gasteiger partial charge on any atom is 0.261 e. The van der Waals surface area contributed by atoms with Crippen molar-refractivity contribution < 1.29 is 19.2 Å². The van der Waals surface area contributed by atoms with Crippen molar-refractivity contribution in [1.29, 1.82) is 0 Å². The average Bonchev–Trinajstić information content (AvgIpc) is 2.82. The molecule has 33 heavy (non-hydrogen) atoms. The fourth-order valence-electron chi connectivity index (χ4n) is 6.35. The summed E-state index contributed by atoms with van der Waals surface area (Å²) in [7, 11) is 3.02. The molecule has 160 valence electrons. The predicted molar refractivity (Wildman–Crippen MR) is 121 cm³/mol. The smallest absolute Gasteiger partial charge is 0.261 e. The summed E-state index contributed by atoms with van der Waals surface area (Å²) < 4.78 is 0. The van der Waals surface area contributed by atoms with Gasteiger partial charge >= 0.3 is 0 Å². The van der Waals surface area contributed by atoms with Crippen molar-refractivity contribution in [3.63, 3.8) is 0 Å². The Labute approximate surface area is 189 Å². The SMILES string of the molecule is CN1C(=O)C2=CC=C3c4ccc5c6c(ccc(c46)C4(C)C=CC(=C2C34)C1=O)C(=O)N(C)C5=O. The van der Waals surface area contributed by atoms with E-state index in [2.05, 4.69) is 6.92 Å². The lowest BCUT2D eigenvalue weighted by Crippen LogP contribution is -2.48. The molecule has 2 aliphatic heterocycles. The van der Waals surface area contributed by atoms with Gasteiger partial charge in [-0.15, -0.1) is 0 Å². The summed E-state index contributed by atoms with van der Waals surface area (Å²) >= 11 is 0. The van der Waals surface area contributed by atoms with Gasteiger partial charge in [0.25, 0.3) is 23.6 Å². The van der Waals surface area contributed by atoms with Crippen molar-refractivity contribution in [2.45, 2.75) is 12.3 Å². The highest BCUT2D eigenvalue weighted by atomic mass is 16.2. The molecule has 2 aromatic rings. The molecule has 6 nitrogen and oxygen atoms in total. The molecular weight excluding hydrogens is 416 g/mol. The second kappa shape index (κ2) is 5.46. The third-order valence-electron chi connectivity index (χ3n) is 8.00. The first kappa shape index (κ1) is 18.5. The van der Waals surface area contributed by atoms with Crippen molar-refractivity contribution in [3.8, 4) is 0 Å². The normalized spacial score (nSPS) is 26.7. The largest absolute Gasteiger partial charge is 0.278 e. The minimum atomic E-state index is -0.541. The van der Waals surface area contributed by atoms with Crippen molar-refractivity contribution >= 4 is 40.0 Å². The number of nitrogens with zero attached hydrogens (tertiary/aromatic N) is 2. The lowest BCUT2D eigenvalue weighted by atomic mass is 9.54.